The van der Waals surface area contributed by atoms with Gasteiger partial charge in [-0.1, -0.05) is 27.2 Å². The Bertz CT molecular complexity index is 708. The average Bonchev–Trinajstić information content (AvgIpc) is 2.58. The third kappa shape index (κ3) is 2.82. The first-order chi connectivity index (χ1) is 8.90. The standard InChI is InChI=1S/C11H8Cl2N2O3S/c1-6-4-10(16)15(19(6)18)11(17)14-7-2-3-8(12)9(13)5-7/h2-5H,1H3,(H,14,17). The number of hydrogen-bond acceptors (Lipinski definition) is 3. The summed E-state index contributed by atoms with van der Waals surface area (Å²) in [7, 11) is -1.78. The van der Waals surface area contributed by atoms with E-state index in [1.54, 1.807) is 0 Å². The molecule has 1 unspecified atom stereocenters. The van der Waals surface area contributed by atoms with Crippen LogP contribution >= 0.6 is 34.1 Å². The van der Waals surface area contributed by atoms with E-state index in [0.717, 1.165) is 6.07 Å². The van der Waals surface area contributed by atoms with E-state index in [1.807, 2.05) is 0 Å². The maximum atomic E-state index is 11.9. The fourth-order valence-electron chi connectivity index (χ4n) is 1.43. The number of benzene rings is 1. The number of amides is 1. The maximum absolute atomic E-state index is 11.9. The van der Waals surface area contributed by atoms with E-state index in [4.69, 9.17) is 23.2 Å². The van der Waals surface area contributed by atoms with Gasteiger partial charge in [-0.25, -0.2) is 4.79 Å². The zero-order valence-electron chi connectivity index (χ0n) is 9.65. The first kappa shape index (κ1) is 14.1. The van der Waals surface area contributed by atoms with Crippen molar-refractivity contribution in [1.82, 2.24) is 3.96 Å². The van der Waals surface area contributed by atoms with E-state index in [2.05, 4.69) is 5.32 Å². The number of hydrogen-bond donors (Lipinski definition) is 1. The van der Waals surface area contributed by atoms with Gasteiger partial charge in [0.15, 0.2) is 4.88 Å². The molecule has 1 N–H and O–H groups in total. The van der Waals surface area contributed by atoms with E-state index >= 15 is 0 Å². The number of aryl methyl sites for hydroxylation is 1. The van der Waals surface area contributed by atoms with Gasteiger partial charge < -0.3 is 9.87 Å². The first-order valence-electron chi connectivity index (χ1n) is 5.10. The SMILES string of the molecule is Cc1cc(=O)n(C(=O)Nc2ccc(Cl)c(Cl)c2)[s+]1[O-]. The minimum Gasteiger partial charge on any atom is -0.570 e. The van der Waals surface area contributed by atoms with Crippen molar-refractivity contribution in [3.63, 3.8) is 0 Å². The normalized spacial score (nSPS) is 11.5. The summed E-state index contributed by atoms with van der Waals surface area (Å²) >= 11 is 11.5. The molecule has 2 aromatic rings. The molecule has 1 atom stereocenters. The molecule has 0 aliphatic carbocycles. The predicted octanol–water partition coefficient (Wildman–Crippen LogP) is 3.27. The predicted molar refractivity (Wildman–Crippen MR) is 75.0 cm³/mol. The van der Waals surface area contributed by atoms with E-state index in [-0.39, 0.29) is 5.02 Å². The Kier molecular flexibility index (Phi) is 3.96. The van der Waals surface area contributed by atoms with Gasteiger partial charge in [0.05, 0.1) is 27.1 Å². The number of carbonyl (C=O) groups is 1. The van der Waals surface area contributed by atoms with Gasteiger partial charge in [-0.05, 0) is 18.2 Å². The van der Waals surface area contributed by atoms with Gasteiger partial charge in [-0.3, -0.25) is 4.79 Å². The van der Waals surface area contributed by atoms with Crippen molar-refractivity contribution in [2.75, 3.05) is 5.32 Å². The summed E-state index contributed by atoms with van der Waals surface area (Å²) in [6.07, 6.45) is 0. The molecule has 0 aliphatic rings. The van der Waals surface area contributed by atoms with Crippen molar-refractivity contribution in [3.8, 4) is 0 Å². The molecule has 1 heterocycles. The van der Waals surface area contributed by atoms with Crippen LogP contribution in [0.2, 0.25) is 10.0 Å². The summed E-state index contributed by atoms with van der Waals surface area (Å²) in [5.74, 6) is 0. The Morgan fingerprint density at radius 2 is 2.00 bits per heavy atom. The van der Waals surface area contributed by atoms with Gasteiger partial charge >= 0.3 is 11.6 Å². The van der Waals surface area contributed by atoms with E-state index in [0.29, 0.717) is 19.5 Å². The highest BCUT2D eigenvalue weighted by molar-refractivity contribution is 7.21. The quantitative estimate of drug-likeness (QED) is 0.820. The Balaban J connectivity index is 2.31. The highest BCUT2D eigenvalue weighted by Crippen LogP contribution is 2.25. The van der Waals surface area contributed by atoms with Crippen LogP contribution in [-0.2, 0) is 0 Å². The lowest BCUT2D eigenvalue weighted by atomic mass is 10.3. The number of nitrogens with zero attached hydrogens (tertiary/aromatic N) is 1. The monoisotopic (exact) mass is 318 g/mol. The number of halogens is 2. The molecule has 0 aliphatic heterocycles. The van der Waals surface area contributed by atoms with Crippen LogP contribution in [0.15, 0.2) is 29.1 Å². The van der Waals surface area contributed by atoms with Gasteiger partial charge in [-0.15, -0.1) is 0 Å². The van der Waals surface area contributed by atoms with Crippen molar-refractivity contribution in [1.29, 1.82) is 0 Å². The largest absolute Gasteiger partial charge is 0.570 e. The average molecular weight is 319 g/mol. The lowest BCUT2D eigenvalue weighted by molar-refractivity contribution is 0.254. The van der Waals surface area contributed by atoms with Crippen LogP contribution < -0.4 is 10.9 Å². The van der Waals surface area contributed by atoms with Crippen LogP contribution in [0.5, 0.6) is 0 Å². The summed E-state index contributed by atoms with van der Waals surface area (Å²) in [5.41, 5.74) is -0.262. The van der Waals surface area contributed by atoms with Crippen LogP contribution in [-0.4, -0.2) is 14.5 Å². The van der Waals surface area contributed by atoms with Gasteiger partial charge in [0, 0.05) is 12.6 Å². The number of aromatic nitrogens is 1. The third-order valence-electron chi connectivity index (χ3n) is 2.32. The van der Waals surface area contributed by atoms with Crippen LogP contribution in [0, 0.1) is 6.92 Å². The summed E-state index contributed by atoms with van der Waals surface area (Å²) in [4.78, 5) is 23.7. The lowest BCUT2D eigenvalue weighted by Gasteiger charge is -2.05. The topological polar surface area (TPSA) is 74.2 Å². The number of carbonyl (C=O) groups excluding carboxylic acids is 1. The molecule has 5 nitrogen and oxygen atoms in total. The smallest absolute Gasteiger partial charge is 0.374 e. The van der Waals surface area contributed by atoms with Crippen molar-refractivity contribution in [2.45, 2.75) is 6.92 Å². The van der Waals surface area contributed by atoms with E-state index < -0.39 is 22.5 Å². The van der Waals surface area contributed by atoms with Crippen LogP contribution in [0.1, 0.15) is 4.88 Å². The van der Waals surface area contributed by atoms with Gasteiger partial charge in [0.2, 0.25) is 0 Å². The van der Waals surface area contributed by atoms with Crippen molar-refractivity contribution in [2.24, 2.45) is 0 Å². The van der Waals surface area contributed by atoms with Gasteiger partial charge in [0.25, 0.3) is 0 Å². The Hall–Kier alpha value is -1.34. The molecule has 2 rings (SSSR count). The molecular formula is C11H8Cl2N2O3S. The van der Waals surface area contributed by atoms with Crippen molar-refractivity contribution < 1.29 is 9.35 Å². The summed E-state index contributed by atoms with van der Waals surface area (Å²) < 4.78 is 12.3. The molecule has 100 valence electrons. The molecule has 0 spiro atoms. The summed E-state index contributed by atoms with van der Waals surface area (Å²) in [6, 6.07) is 4.84. The molecule has 0 bridgehead atoms. The number of anilines is 1. The number of rotatable bonds is 1. The molecule has 0 radical (unpaired) electrons. The fraction of sp³-hybridized carbons (Fsp3) is 0.0909. The van der Waals surface area contributed by atoms with Crippen LogP contribution in [0.4, 0.5) is 10.5 Å². The molecule has 0 saturated carbocycles. The maximum Gasteiger partial charge on any atom is 0.374 e. The minimum atomic E-state index is -1.78. The lowest BCUT2D eigenvalue weighted by Crippen LogP contribution is -2.27. The zero-order valence-corrected chi connectivity index (χ0v) is 12.0. The second-order valence-electron chi connectivity index (χ2n) is 3.70. The molecule has 1 aromatic carbocycles. The Morgan fingerprint density at radius 3 is 2.53 bits per heavy atom. The highest BCUT2D eigenvalue weighted by atomic mass is 35.5. The third-order valence-corrected chi connectivity index (χ3v) is 4.41. The second-order valence-corrected chi connectivity index (χ2v) is 6.02. The van der Waals surface area contributed by atoms with Crippen molar-refractivity contribution in [3.05, 3.63) is 49.5 Å². The van der Waals surface area contributed by atoms with Crippen molar-refractivity contribution >= 4 is 45.9 Å². The Labute approximate surface area is 121 Å². The minimum absolute atomic E-state index is 0.266. The van der Waals surface area contributed by atoms with Gasteiger partial charge in [0.1, 0.15) is 0 Å². The fourth-order valence-corrected chi connectivity index (χ4v) is 2.63. The first-order valence-corrected chi connectivity index (χ1v) is 6.96. The second kappa shape index (κ2) is 5.34. The molecule has 1 amide bonds. The Morgan fingerprint density at radius 1 is 1.32 bits per heavy atom. The van der Waals surface area contributed by atoms with Gasteiger partial charge in [-0.2, -0.15) is 0 Å². The molecule has 0 fully saturated rings. The molecule has 1 aromatic heterocycles. The zero-order chi connectivity index (χ0) is 14.2. The van der Waals surface area contributed by atoms with Crippen LogP contribution in [0.25, 0.3) is 0 Å². The summed E-state index contributed by atoms with van der Waals surface area (Å²) in [5, 5.41) is 3.04. The summed E-state index contributed by atoms with van der Waals surface area (Å²) in [6.45, 7) is 1.51. The van der Waals surface area contributed by atoms with E-state index in [1.165, 1.54) is 25.1 Å². The molecule has 19 heavy (non-hydrogen) atoms. The molecule has 0 saturated heterocycles. The highest BCUT2D eigenvalue weighted by Gasteiger charge is 2.20. The van der Waals surface area contributed by atoms with Crippen LogP contribution in [0.3, 0.4) is 0 Å². The number of nitrogens with one attached hydrogen (secondary N) is 1. The van der Waals surface area contributed by atoms with E-state index in [9.17, 15) is 14.1 Å². The molecule has 8 heteroatoms. The molecular weight excluding hydrogens is 311 g/mol.